The zero-order valence-electron chi connectivity index (χ0n) is 17.4. The van der Waals surface area contributed by atoms with Gasteiger partial charge in [0.1, 0.15) is 0 Å². The zero-order chi connectivity index (χ0) is 24.0. The average molecular weight is 471 g/mol. The molecular weight excluding hydrogens is 452 g/mol. The number of nitrogens with zero attached hydrogens (tertiary/aromatic N) is 4. The molecule has 0 saturated carbocycles. The first-order chi connectivity index (χ1) is 14.9. The molecule has 0 spiro atoms. The van der Waals surface area contributed by atoms with Gasteiger partial charge in [0, 0.05) is 23.4 Å². The number of rotatable bonds is 5. The smallest absolute Gasteiger partial charge is 0.443 e. The minimum absolute atomic E-state index is 0.0368. The zero-order valence-corrected chi connectivity index (χ0v) is 18.2. The lowest BCUT2D eigenvalue weighted by Crippen LogP contribution is -2.55. The van der Waals surface area contributed by atoms with Crippen molar-refractivity contribution in [3.8, 4) is 11.3 Å². The van der Waals surface area contributed by atoms with Gasteiger partial charge in [-0.1, -0.05) is 4.41 Å². The molecule has 0 bridgehead atoms. The van der Waals surface area contributed by atoms with Crippen LogP contribution in [0.3, 0.4) is 0 Å². The topological polar surface area (TPSA) is 136 Å². The van der Waals surface area contributed by atoms with Gasteiger partial charge in [0.2, 0.25) is 0 Å². The van der Waals surface area contributed by atoms with Gasteiger partial charge in [-0.15, -0.1) is 4.68 Å². The molecule has 2 aromatic heterocycles. The summed E-state index contributed by atoms with van der Waals surface area (Å²) in [5.74, 6) is 0. The van der Waals surface area contributed by atoms with E-state index < -0.39 is 39.4 Å². The summed E-state index contributed by atoms with van der Waals surface area (Å²) in [6, 6.07) is 3.31. The Kier molecular flexibility index (Phi) is 5.91. The van der Waals surface area contributed by atoms with Crippen molar-refractivity contribution in [3.05, 3.63) is 50.8 Å². The number of nitrogens with one attached hydrogen (secondary N) is 1. The molecule has 14 heteroatoms. The molecular formula is C18H19F2N5O6S. The van der Waals surface area contributed by atoms with E-state index in [1.165, 1.54) is 16.9 Å². The summed E-state index contributed by atoms with van der Waals surface area (Å²) in [7, 11) is -3.61. The van der Waals surface area contributed by atoms with Gasteiger partial charge in [0.05, 0.1) is 30.0 Å². The van der Waals surface area contributed by atoms with Crippen LogP contribution in [0, 0.1) is 0 Å². The summed E-state index contributed by atoms with van der Waals surface area (Å²) >= 11 is 0. The number of halogens is 2. The maximum Gasteiger partial charge on any atom is 0.443 e. The van der Waals surface area contributed by atoms with Gasteiger partial charge in [-0.05, 0) is 32.0 Å². The van der Waals surface area contributed by atoms with E-state index in [0.717, 1.165) is 19.2 Å². The summed E-state index contributed by atoms with van der Waals surface area (Å²) in [4.78, 5) is 39.8. The SMILES string of the molecule is COC(=O)N(n1c(=O)[nH]c2cc(C(F)F)c(-c3ccnn3C(C)C)cc2c1=O)S(C)(=O)=O. The van der Waals surface area contributed by atoms with Crippen molar-refractivity contribution in [2.24, 2.45) is 0 Å². The lowest BCUT2D eigenvalue weighted by Gasteiger charge is -2.20. The molecule has 0 fully saturated rings. The normalized spacial score (nSPS) is 12.0. The van der Waals surface area contributed by atoms with Crippen LogP contribution in [-0.2, 0) is 14.8 Å². The third-order valence-corrected chi connectivity index (χ3v) is 5.48. The molecule has 3 rings (SSSR count). The van der Waals surface area contributed by atoms with Crippen LogP contribution in [0.1, 0.15) is 31.9 Å². The maximum absolute atomic E-state index is 13.8. The molecule has 3 aromatic rings. The highest BCUT2D eigenvalue weighted by molar-refractivity contribution is 7.92. The van der Waals surface area contributed by atoms with Crippen LogP contribution in [0.2, 0.25) is 0 Å². The van der Waals surface area contributed by atoms with Crippen molar-refractivity contribution >= 4 is 27.0 Å². The Bertz CT molecular complexity index is 1420. The van der Waals surface area contributed by atoms with E-state index in [9.17, 15) is 31.6 Å². The van der Waals surface area contributed by atoms with E-state index in [2.05, 4.69) is 14.8 Å². The van der Waals surface area contributed by atoms with Crippen molar-refractivity contribution in [1.82, 2.24) is 19.4 Å². The Labute approximate surface area is 179 Å². The number of fused-ring (bicyclic) bond motifs is 1. The van der Waals surface area contributed by atoms with E-state index in [4.69, 9.17) is 0 Å². The fourth-order valence-corrected chi connectivity index (χ4v) is 4.01. The molecule has 0 aliphatic carbocycles. The van der Waals surface area contributed by atoms with Gasteiger partial charge < -0.3 is 9.72 Å². The number of hydrogen-bond acceptors (Lipinski definition) is 7. The Hall–Kier alpha value is -3.55. The van der Waals surface area contributed by atoms with Gasteiger partial charge in [0.15, 0.2) is 0 Å². The Morgan fingerprint density at radius 1 is 1.25 bits per heavy atom. The predicted molar refractivity (Wildman–Crippen MR) is 111 cm³/mol. The molecule has 0 unspecified atom stereocenters. The lowest BCUT2D eigenvalue weighted by molar-refractivity contribution is 0.152. The molecule has 0 atom stereocenters. The molecule has 1 amide bonds. The van der Waals surface area contributed by atoms with Crippen LogP contribution >= 0.6 is 0 Å². The highest BCUT2D eigenvalue weighted by atomic mass is 32.2. The Morgan fingerprint density at radius 2 is 1.91 bits per heavy atom. The molecule has 1 N–H and O–H groups in total. The molecule has 172 valence electrons. The summed E-state index contributed by atoms with van der Waals surface area (Å²) in [5.41, 5.74) is -3.05. The molecule has 0 aliphatic heterocycles. The molecule has 0 radical (unpaired) electrons. The quantitative estimate of drug-likeness (QED) is 0.598. The fraction of sp³-hybridized carbons (Fsp3) is 0.333. The summed E-state index contributed by atoms with van der Waals surface area (Å²) < 4.78 is 57.6. The summed E-state index contributed by atoms with van der Waals surface area (Å²) in [5, 5.41) is 3.80. The van der Waals surface area contributed by atoms with Crippen LogP contribution in [0.4, 0.5) is 13.6 Å². The predicted octanol–water partition coefficient (Wildman–Crippen LogP) is 1.74. The largest absolute Gasteiger partial charge is 0.451 e. The molecule has 2 heterocycles. The van der Waals surface area contributed by atoms with Crippen LogP contribution in [0.25, 0.3) is 22.2 Å². The number of H-pyrrole nitrogens is 1. The van der Waals surface area contributed by atoms with Crippen molar-refractivity contribution < 1.29 is 26.7 Å². The molecule has 0 aliphatic rings. The van der Waals surface area contributed by atoms with Gasteiger partial charge in [-0.25, -0.2) is 26.8 Å². The van der Waals surface area contributed by atoms with Gasteiger partial charge >= 0.3 is 11.8 Å². The molecule has 11 nitrogen and oxygen atoms in total. The fourth-order valence-electron chi connectivity index (χ4n) is 3.22. The Balaban J connectivity index is 2.44. The molecule has 32 heavy (non-hydrogen) atoms. The first-order valence-electron chi connectivity index (χ1n) is 9.12. The minimum atomic E-state index is -4.47. The standard InChI is InChI=1S/C18H19F2N5O6S/c1-9(2)23-14(5-6-21-23)10-7-12-13(8-11(10)15(19)20)22-17(27)24(16(12)26)25(18(28)31-3)32(4,29)30/h5-9,15H,1-4H3,(H,22,27). The number of benzene rings is 1. The number of carbonyl (C=O) groups excluding carboxylic acids is 1. The second kappa shape index (κ2) is 8.18. The van der Waals surface area contributed by atoms with Gasteiger partial charge in [-0.2, -0.15) is 5.10 Å². The third kappa shape index (κ3) is 3.88. The van der Waals surface area contributed by atoms with Crippen molar-refractivity contribution in [1.29, 1.82) is 0 Å². The van der Waals surface area contributed by atoms with E-state index in [1.54, 1.807) is 13.8 Å². The van der Waals surface area contributed by atoms with E-state index >= 15 is 0 Å². The molecule has 0 saturated heterocycles. The van der Waals surface area contributed by atoms with Crippen molar-refractivity contribution in [2.75, 3.05) is 17.8 Å². The number of methoxy groups -OCH3 is 1. The van der Waals surface area contributed by atoms with Crippen molar-refractivity contribution in [3.63, 3.8) is 0 Å². The van der Waals surface area contributed by atoms with Crippen LogP contribution < -0.4 is 15.7 Å². The number of aromatic nitrogens is 4. The molecule has 1 aromatic carbocycles. The number of sulfonamides is 1. The number of hydrogen-bond donors (Lipinski definition) is 1. The number of alkyl halides is 2. The average Bonchev–Trinajstić information content (AvgIpc) is 3.18. The number of carbonyl (C=O) groups is 1. The number of amides is 1. The van der Waals surface area contributed by atoms with Gasteiger partial charge in [-0.3, -0.25) is 9.48 Å². The van der Waals surface area contributed by atoms with E-state index in [-0.39, 0.29) is 37.3 Å². The first-order valence-corrected chi connectivity index (χ1v) is 11.0. The van der Waals surface area contributed by atoms with Crippen molar-refractivity contribution in [2.45, 2.75) is 26.3 Å². The highest BCUT2D eigenvalue weighted by Crippen LogP contribution is 2.34. The lowest BCUT2D eigenvalue weighted by atomic mass is 10.0. The minimum Gasteiger partial charge on any atom is -0.451 e. The number of aromatic amines is 1. The highest BCUT2D eigenvalue weighted by Gasteiger charge is 2.31. The van der Waals surface area contributed by atoms with E-state index in [0.29, 0.717) is 6.26 Å². The summed E-state index contributed by atoms with van der Waals surface area (Å²) in [6.45, 7) is 3.56. The van der Waals surface area contributed by atoms with Crippen LogP contribution in [0.5, 0.6) is 0 Å². The number of ether oxygens (including phenoxy) is 1. The Morgan fingerprint density at radius 3 is 2.44 bits per heavy atom. The van der Waals surface area contributed by atoms with E-state index in [1.807, 2.05) is 0 Å². The van der Waals surface area contributed by atoms with Gasteiger partial charge in [0.25, 0.3) is 22.0 Å². The second-order valence-corrected chi connectivity index (χ2v) is 8.88. The second-order valence-electron chi connectivity index (χ2n) is 7.06. The van der Waals surface area contributed by atoms with Crippen LogP contribution in [0.15, 0.2) is 34.0 Å². The monoisotopic (exact) mass is 471 g/mol. The summed E-state index contributed by atoms with van der Waals surface area (Å²) in [6.07, 6.45) is -2.48. The third-order valence-electron chi connectivity index (χ3n) is 4.54. The van der Waals surface area contributed by atoms with Crippen LogP contribution in [-0.4, -0.2) is 47.3 Å². The maximum atomic E-state index is 13.8. The first kappa shape index (κ1) is 23.1.